The molecule has 2 rings (SSSR count). The summed E-state index contributed by atoms with van der Waals surface area (Å²) in [6.07, 6.45) is 6.11. The Bertz CT molecular complexity index is 453. The number of hydrogen-bond acceptors (Lipinski definition) is 3. The number of pyridine rings is 1. The average Bonchev–Trinajstić information content (AvgIpc) is 2.65. The maximum atomic E-state index is 5.94. The van der Waals surface area contributed by atoms with Crippen molar-refractivity contribution in [2.45, 2.75) is 25.8 Å². The van der Waals surface area contributed by atoms with Crippen LogP contribution in [0.3, 0.4) is 0 Å². The molecule has 2 aromatic rings. The highest BCUT2D eigenvalue weighted by Crippen LogP contribution is 2.16. The minimum absolute atomic E-state index is 0.246. The molecular weight excluding hydrogens is 200 g/mol. The second kappa shape index (κ2) is 4.06. The topological polar surface area (TPSA) is 67.6 Å². The van der Waals surface area contributed by atoms with Gasteiger partial charge in [0.15, 0.2) is 0 Å². The van der Waals surface area contributed by atoms with Gasteiger partial charge >= 0.3 is 0 Å². The van der Waals surface area contributed by atoms with Crippen LogP contribution in [0.1, 0.15) is 19.7 Å². The first kappa shape index (κ1) is 10.8. The number of aromatic nitrogens is 3. The second-order valence-corrected chi connectivity index (χ2v) is 4.65. The van der Waals surface area contributed by atoms with Crippen LogP contribution in [0.2, 0.25) is 0 Å². The predicted octanol–water partition coefficient (Wildman–Crippen LogP) is 1.75. The highest BCUT2D eigenvalue weighted by molar-refractivity contribution is 5.56. The van der Waals surface area contributed by atoms with E-state index in [0.29, 0.717) is 0 Å². The third-order valence-corrected chi connectivity index (χ3v) is 2.22. The normalized spacial score (nSPS) is 11.7. The van der Waals surface area contributed by atoms with Gasteiger partial charge in [-0.1, -0.05) is 0 Å². The standard InChI is InChI=1S/C12H16N4/c1-12(2,13)6-11-15-8-10(16-11)9-4-3-5-14-7-9/h3-5,7-8H,6,13H2,1-2H3,(H,15,16). The zero-order valence-electron chi connectivity index (χ0n) is 9.57. The number of H-pyrrole nitrogens is 1. The molecule has 3 N–H and O–H groups in total. The summed E-state index contributed by atoms with van der Waals surface area (Å²) >= 11 is 0. The summed E-state index contributed by atoms with van der Waals surface area (Å²) in [5.41, 5.74) is 7.71. The second-order valence-electron chi connectivity index (χ2n) is 4.65. The number of imidazole rings is 1. The third-order valence-electron chi connectivity index (χ3n) is 2.22. The fourth-order valence-corrected chi connectivity index (χ4v) is 1.55. The molecule has 84 valence electrons. The lowest BCUT2D eigenvalue weighted by Gasteiger charge is -2.15. The Morgan fingerprint density at radius 3 is 2.81 bits per heavy atom. The lowest BCUT2D eigenvalue weighted by Crippen LogP contribution is -2.34. The first-order chi connectivity index (χ1) is 7.54. The van der Waals surface area contributed by atoms with Gasteiger partial charge in [0.05, 0.1) is 11.9 Å². The molecule has 0 aromatic carbocycles. The molecule has 0 aliphatic heterocycles. The molecule has 0 unspecified atom stereocenters. The zero-order chi connectivity index (χ0) is 11.6. The highest BCUT2D eigenvalue weighted by Gasteiger charge is 2.14. The van der Waals surface area contributed by atoms with Gasteiger partial charge in [0, 0.05) is 29.9 Å². The van der Waals surface area contributed by atoms with Crippen molar-refractivity contribution in [3.05, 3.63) is 36.5 Å². The van der Waals surface area contributed by atoms with Gasteiger partial charge in [-0.25, -0.2) is 4.98 Å². The molecule has 0 atom stereocenters. The minimum Gasteiger partial charge on any atom is -0.342 e. The molecule has 2 aromatic heterocycles. The number of nitrogens with zero attached hydrogens (tertiary/aromatic N) is 2. The molecule has 0 amide bonds. The summed E-state index contributed by atoms with van der Waals surface area (Å²) in [4.78, 5) is 11.6. The van der Waals surface area contributed by atoms with E-state index < -0.39 is 0 Å². The van der Waals surface area contributed by atoms with Gasteiger partial charge in [-0.15, -0.1) is 0 Å². The highest BCUT2D eigenvalue weighted by atomic mass is 14.9. The molecule has 0 saturated heterocycles. The summed E-state index contributed by atoms with van der Waals surface area (Å²) in [5, 5.41) is 0. The molecule has 0 radical (unpaired) electrons. The van der Waals surface area contributed by atoms with Crippen molar-refractivity contribution in [3.63, 3.8) is 0 Å². The number of rotatable bonds is 3. The van der Waals surface area contributed by atoms with Gasteiger partial charge < -0.3 is 10.7 Å². The first-order valence-electron chi connectivity index (χ1n) is 5.28. The van der Waals surface area contributed by atoms with Crippen LogP contribution in [0, 0.1) is 0 Å². The van der Waals surface area contributed by atoms with Crippen molar-refractivity contribution in [2.24, 2.45) is 5.73 Å². The lowest BCUT2D eigenvalue weighted by atomic mass is 10.0. The van der Waals surface area contributed by atoms with Crippen molar-refractivity contribution < 1.29 is 0 Å². The van der Waals surface area contributed by atoms with Crippen LogP contribution in [-0.4, -0.2) is 20.5 Å². The summed E-state index contributed by atoms with van der Waals surface area (Å²) in [5.74, 6) is 0.909. The summed E-state index contributed by atoms with van der Waals surface area (Å²) < 4.78 is 0. The molecule has 2 heterocycles. The van der Waals surface area contributed by atoms with Crippen LogP contribution in [0.5, 0.6) is 0 Å². The monoisotopic (exact) mass is 216 g/mol. The van der Waals surface area contributed by atoms with E-state index in [1.54, 1.807) is 6.20 Å². The van der Waals surface area contributed by atoms with Gasteiger partial charge in [-0.3, -0.25) is 4.98 Å². The van der Waals surface area contributed by atoms with Crippen molar-refractivity contribution >= 4 is 0 Å². The number of hydrogen-bond donors (Lipinski definition) is 2. The Hall–Kier alpha value is -1.68. The van der Waals surface area contributed by atoms with E-state index in [2.05, 4.69) is 15.0 Å². The SMILES string of the molecule is CC(C)(N)Cc1ncc(-c2cccnc2)[nH]1. The third kappa shape index (κ3) is 2.67. The maximum Gasteiger partial charge on any atom is 0.108 e. The maximum absolute atomic E-state index is 5.94. The molecule has 0 fully saturated rings. The Labute approximate surface area is 94.9 Å². The summed E-state index contributed by atoms with van der Waals surface area (Å²) in [7, 11) is 0. The van der Waals surface area contributed by atoms with E-state index in [1.165, 1.54) is 0 Å². The number of nitrogens with two attached hydrogens (primary N) is 1. The summed E-state index contributed by atoms with van der Waals surface area (Å²) in [6, 6.07) is 3.90. The first-order valence-corrected chi connectivity index (χ1v) is 5.28. The van der Waals surface area contributed by atoms with Gasteiger partial charge in [0.25, 0.3) is 0 Å². The quantitative estimate of drug-likeness (QED) is 0.821. The van der Waals surface area contributed by atoms with Crippen LogP contribution < -0.4 is 5.73 Å². The van der Waals surface area contributed by atoms with E-state index in [-0.39, 0.29) is 5.54 Å². The van der Waals surface area contributed by atoms with Crippen molar-refractivity contribution in [1.82, 2.24) is 15.0 Å². The van der Waals surface area contributed by atoms with Crippen LogP contribution in [0.25, 0.3) is 11.3 Å². The van der Waals surface area contributed by atoms with Crippen molar-refractivity contribution in [2.75, 3.05) is 0 Å². The number of aromatic amines is 1. The smallest absolute Gasteiger partial charge is 0.108 e. The van der Waals surface area contributed by atoms with Crippen LogP contribution in [0.4, 0.5) is 0 Å². The Morgan fingerprint density at radius 1 is 1.38 bits per heavy atom. The molecule has 0 bridgehead atoms. The molecule has 16 heavy (non-hydrogen) atoms. The largest absolute Gasteiger partial charge is 0.342 e. The van der Waals surface area contributed by atoms with Gasteiger partial charge in [-0.2, -0.15) is 0 Å². The van der Waals surface area contributed by atoms with Crippen LogP contribution in [0.15, 0.2) is 30.7 Å². The Balaban J connectivity index is 2.21. The molecule has 0 aliphatic carbocycles. The molecule has 0 spiro atoms. The fraction of sp³-hybridized carbons (Fsp3) is 0.333. The molecular formula is C12H16N4. The van der Waals surface area contributed by atoms with Crippen LogP contribution in [-0.2, 0) is 6.42 Å². The van der Waals surface area contributed by atoms with E-state index in [0.717, 1.165) is 23.5 Å². The van der Waals surface area contributed by atoms with E-state index >= 15 is 0 Å². The fourth-order valence-electron chi connectivity index (χ4n) is 1.55. The van der Waals surface area contributed by atoms with E-state index in [4.69, 9.17) is 5.73 Å². The molecule has 0 saturated carbocycles. The van der Waals surface area contributed by atoms with Crippen molar-refractivity contribution in [3.8, 4) is 11.3 Å². The van der Waals surface area contributed by atoms with Crippen LogP contribution >= 0.6 is 0 Å². The zero-order valence-corrected chi connectivity index (χ0v) is 9.57. The Morgan fingerprint density at radius 2 is 2.19 bits per heavy atom. The van der Waals surface area contributed by atoms with E-state index in [9.17, 15) is 0 Å². The van der Waals surface area contributed by atoms with Gasteiger partial charge in [0.1, 0.15) is 5.82 Å². The Kier molecular flexibility index (Phi) is 2.75. The van der Waals surface area contributed by atoms with Crippen molar-refractivity contribution in [1.29, 1.82) is 0 Å². The molecule has 0 aliphatic rings. The molecule has 4 heteroatoms. The predicted molar refractivity (Wildman–Crippen MR) is 63.8 cm³/mol. The summed E-state index contributed by atoms with van der Waals surface area (Å²) in [6.45, 7) is 3.97. The number of nitrogens with one attached hydrogen (secondary N) is 1. The average molecular weight is 216 g/mol. The minimum atomic E-state index is -0.246. The van der Waals surface area contributed by atoms with E-state index in [1.807, 2.05) is 38.4 Å². The molecule has 4 nitrogen and oxygen atoms in total. The van der Waals surface area contributed by atoms with Gasteiger partial charge in [0.2, 0.25) is 0 Å². The lowest BCUT2D eigenvalue weighted by molar-refractivity contribution is 0.505. The van der Waals surface area contributed by atoms with Gasteiger partial charge in [-0.05, 0) is 26.0 Å².